The molecule has 0 saturated carbocycles. The molecule has 1 aromatic heterocycles. The third kappa shape index (κ3) is 3.63. The predicted octanol–water partition coefficient (Wildman–Crippen LogP) is 1.17. The van der Waals surface area contributed by atoms with E-state index in [-0.39, 0.29) is 10.9 Å². The lowest BCUT2D eigenvalue weighted by Gasteiger charge is -2.13. The minimum absolute atomic E-state index is 0.0354. The fourth-order valence-electron chi connectivity index (χ4n) is 1.67. The number of nitrogens with zero attached hydrogens (tertiary/aromatic N) is 1. The first-order valence-corrected chi connectivity index (χ1v) is 7.27. The standard InChI is InChI=1S/C12H15N3O3S/c1-9(14-8-11-5-6-15-18-11)10-3-2-4-12(7-10)19(13,16)17/h2-7,9,14H,8H2,1H3,(H2,13,16,17). The van der Waals surface area contributed by atoms with Crippen molar-refractivity contribution in [1.29, 1.82) is 0 Å². The smallest absolute Gasteiger partial charge is 0.238 e. The molecule has 0 bridgehead atoms. The molecule has 0 aliphatic carbocycles. The second-order valence-corrected chi connectivity index (χ2v) is 5.76. The van der Waals surface area contributed by atoms with E-state index in [1.165, 1.54) is 6.07 Å². The van der Waals surface area contributed by atoms with Crippen LogP contribution in [0.3, 0.4) is 0 Å². The van der Waals surface area contributed by atoms with Crippen molar-refractivity contribution in [1.82, 2.24) is 10.5 Å². The second-order valence-electron chi connectivity index (χ2n) is 4.20. The molecular formula is C12H15N3O3S. The first kappa shape index (κ1) is 13.7. The Bertz CT molecular complexity index is 638. The first-order chi connectivity index (χ1) is 8.97. The SMILES string of the molecule is CC(NCc1ccno1)c1cccc(S(N)(=O)=O)c1. The highest BCUT2D eigenvalue weighted by Crippen LogP contribution is 2.17. The van der Waals surface area contributed by atoms with Crippen molar-refractivity contribution in [3.05, 3.63) is 47.9 Å². The quantitative estimate of drug-likeness (QED) is 0.857. The second kappa shape index (κ2) is 5.52. The van der Waals surface area contributed by atoms with Crippen molar-refractivity contribution in [2.75, 3.05) is 0 Å². The van der Waals surface area contributed by atoms with Crippen molar-refractivity contribution in [2.24, 2.45) is 5.14 Å². The molecule has 1 heterocycles. The summed E-state index contributed by atoms with van der Waals surface area (Å²) in [6.45, 7) is 2.44. The Labute approximate surface area is 111 Å². The van der Waals surface area contributed by atoms with Crippen molar-refractivity contribution in [2.45, 2.75) is 24.4 Å². The molecule has 0 aliphatic heterocycles. The number of nitrogens with two attached hydrogens (primary N) is 1. The summed E-state index contributed by atoms with van der Waals surface area (Å²) in [5.41, 5.74) is 0.839. The molecule has 7 heteroatoms. The van der Waals surface area contributed by atoms with Gasteiger partial charge in [0, 0.05) is 12.1 Å². The van der Waals surface area contributed by atoms with Crippen LogP contribution >= 0.6 is 0 Å². The number of sulfonamides is 1. The number of primary sulfonamides is 1. The zero-order chi connectivity index (χ0) is 13.9. The number of hydrogen-bond acceptors (Lipinski definition) is 5. The largest absolute Gasteiger partial charge is 0.360 e. The number of hydrogen-bond donors (Lipinski definition) is 2. The Kier molecular flexibility index (Phi) is 3.98. The molecule has 0 saturated heterocycles. The average molecular weight is 281 g/mol. The normalized spacial score (nSPS) is 13.4. The molecule has 1 aromatic carbocycles. The Morgan fingerprint density at radius 1 is 1.42 bits per heavy atom. The Hall–Kier alpha value is -1.70. The van der Waals surface area contributed by atoms with Gasteiger partial charge in [-0.3, -0.25) is 0 Å². The molecule has 102 valence electrons. The number of aromatic nitrogens is 1. The Morgan fingerprint density at radius 3 is 2.84 bits per heavy atom. The highest BCUT2D eigenvalue weighted by atomic mass is 32.2. The molecule has 1 unspecified atom stereocenters. The van der Waals surface area contributed by atoms with Gasteiger partial charge in [-0.2, -0.15) is 0 Å². The van der Waals surface area contributed by atoms with E-state index < -0.39 is 10.0 Å². The van der Waals surface area contributed by atoms with E-state index in [2.05, 4.69) is 10.5 Å². The molecule has 6 nitrogen and oxygen atoms in total. The lowest BCUT2D eigenvalue weighted by molar-refractivity contribution is 0.366. The highest BCUT2D eigenvalue weighted by Gasteiger charge is 2.11. The fourth-order valence-corrected chi connectivity index (χ4v) is 2.23. The Balaban J connectivity index is 2.09. The molecule has 19 heavy (non-hydrogen) atoms. The summed E-state index contributed by atoms with van der Waals surface area (Å²) in [6, 6.07) is 8.27. The van der Waals surface area contributed by atoms with Gasteiger partial charge in [-0.1, -0.05) is 17.3 Å². The molecule has 0 aliphatic rings. The maximum atomic E-state index is 11.3. The van der Waals surface area contributed by atoms with Crippen molar-refractivity contribution >= 4 is 10.0 Å². The molecule has 1 atom stereocenters. The topological polar surface area (TPSA) is 98.2 Å². The van der Waals surface area contributed by atoms with Crippen LogP contribution in [0, 0.1) is 0 Å². The van der Waals surface area contributed by atoms with Gasteiger partial charge in [0.05, 0.1) is 17.6 Å². The summed E-state index contributed by atoms with van der Waals surface area (Å²) in [5, 5.41) is 11.9. The van der Waals surface area contributed by atoms with Crippen LogP contribution in [0.25, 0.3) is 0 Å². The molecule has 0 spiro atoms. The van der Waals surface area contributed by atoms with Crippen LogP contribution in [-0.2, 0) is 16.6 Å². The van der Waals surface area contributed by atoms with Crippen LogP contribution < -0.4 is 10.5 Å². The van der Waals surface area contributed by atoms with E-state index in [0.717, 1.165) is 11.3 Å². The lowest BCUT2D eigenvalue weighted by atomic mass is 10.1. The molecule has 0 fully saturated rings. The van der Waals surface area contributed by atoms with Gasteiger partial charge in [-0.15, -0.1) is 0 Å². The van der Waals surface area contributed by atoms with Crippen LogP contribution in [0.1, 0.15) is 24.3 Å². The zero-order valence-corrected chi connectivity index (χ0v) is 11.2. The first-order valence-electron chi connectivity index (χ1n) is 5.72. The van der Waals surface area contributed by atoms with Crippen molar-refractivity contribution in [3.8, 4) is 0 Å². The van der Waals surface area contributed by atoms with E-state index in [1.54, 1.807) is 24.4 Å². The Morgan fingerprint density at radius 2 is 2.21 bits per heavy atom. The monoisotopic (exact) mass is 281 g/mol. The molecule has 0 amide bonds. The average Bonchev–Trinajstić information content (AvgIpc) is 2.88. The predicted molar refractivity (Wildman–Crippen MR) is 69.6 cm³/mol. The third-order valence-corrected chi connectivity index (χ3v) is 3.67. The van der Waals surface area contributed by atoms with Crippen LogP contribution in [-0.4, -0.2) is 13.6 Å². The van der Waals surface area contributed by atoms with Gasteiger partial charge in [0.2, 0.25) is 10.0 Å². The minimum atomic E-state index is -3.67. The molecule has 0 radical (unpaired) electrons. The molecule has 2 rings (SSSR count). The van der Waals surface area contributed by atoms with Gasteiger partial charge in [-0.05, 0) is 24.6 Å². The lowest BCUT2D eigenvalue weighted by Crippen LogP contribution is -2.19. The van der Waals surface area contributed by atoms with Crippen LogP contribution in [0.5, 0.6) is 0 Å². The number of rotatable bonds is 5. The summed E-state index contributed by atoms with van der Waals surface area (Å²) in [7, 11) is -3.67. The van der Waals surface area contributed by atoms with E-state index in [1.807, 2.05) is 13.0 Å². The summed E-state index contributed by atoms with van der Waals surface area (Å²) in [5.74, 6) is 0.717. The van der Waals surface area contributed by atoms with Crippen molar-refractivity contribution in [3.63, 3.8) is 0 Å². The minimum Gasteiger partial charge on any atom is -0.360 e. The zero-order valence-electron chi connectivity index (χ0n) is 10.4. The van der Waals surface area contributed by atoms with Crippen LogP contribution in [0.4, 0.5) is 0 Å². The van der Waals surface area contributed by atoms with Gasteiger partial charge in [0.25, 0.3) is 0 Å². The van der Waals surface area contributed by atoms with Gasteiger partial charge in [0.15, 0.2) is 0 Å². The van der Waals surface area contributed by atoms with Crippen LogP contribution in [0.15, 0.2) is 45.9 Å². The molecule has 3 N–H and O–H groups in total. The molecule has 2 aromatic rings. The number of nitrogens with one attached hydrogen (secondary N) is 1. The van der Waals surface area contributed by atoms with E-state index in [0.29, 0.717) is 6.54 Å². The van der Waals surface area contributed by atoms with E-state index >= 15 is 0 Å². The third-order valence-electron chi connectivity index (χ3n) is 2.76. The van der Waals surface area contributed by atoms with Gasteiger partial charge >= 0.3 is 0 Å². The summed E-state index contributed by atoms with van der Waals surface area (Å²) < 4.78 is 27.5. The van der Waals surface area contributed by atoms with E-state index in [9.17, 15) is 8.42 Å². The summed E-state index contributed by atoms with van der Waals surface area (Å²) >= 11 is 0. The maximum Gasteiger partial charge on any atom is 0.238 e. The highest BCUT2D eigenvalue weighted by molar-refractivity contribution is 7.89. The number of benzene rings is 1. The fraction of sp³-hybridized carbons (Fsp3) is 0.250. The van der Waals surface area contributed by atoms with Crippen LogP contribution in [0.2, 0.25) is 0 Å². The van der Waals surface area contributed by atoms with Gasteiger partial charge < -0.3 is 9.84 Å². The van der Waals surface area contributed by atoms with Gasteiger partial charge in [-0.25, -0.2) is 13.6 Å². The molecular weight excluding hydrogens is 266 g/mol. The van der Waals surface area contributed by atoms with Crippen molar-refractivity contribution < 1.29 is 12.9 Å². The summed E-state index contributed by atoms with van der Waals surface area (Å²) in [4.78, 5) is 0.110. The van der Waals surface area contributed by atoms with E-state index in [4.69, 9.17) is 9.66 Å². The van der Waals surface area contributed by atoms with Gasteiger partial charge in [0.1, 0.15) is 5.76 Å². The maximum absolute atomic E-state index is 11.3. The summed E-state index contributed by atoms with van der Waals surface area (Å²) in [6.07, 6.45) is 1.57.